The lowest BCUT2D eigenvalue weighted by Gasteiger charge is -2.37. The molecular formula is C13H24N2O3. The lowest BCUT2D eigenvalue weighted by Crippen LogP contribution is -2.57. The lowest BCUT2D eigenvalue weighted by atomic mass is 10.0. The predicted octanol–water partition coefficient (Wildman–Crippen LogP) is -0.326. The Balaban J connectivity index is 4.31. The molecule has 0 rings (SSSR count). The summed E-state index contributed by atoms with van der Waals surface area (Å²) in [7, 11) is 4.02. The molecule has 0 aromatic rings. The maximum atomic E-state index is 11.3. The topological polar surface area (TPSA) is 69.2 Å². The minimum Gasteiger partial charge on any atom is -0.550 e. The molecule has 0 aliphatic heterocycles. The first-order valence-corrected chi connectivity index (χ1v) is 6.04. The van der Waals surface area contributed by atoms with Crippen LogP contribution in [0, 0.1) is 0 Å². The number of carboxylic acids is 1. The number of nitrogens with one attached hydrogen (secondary N) is 1. The van der Waals surface area contributed by atoms with E-state index in [-0.39, 0.29) is 17.9 Å². The van der Waals surface area contributed by atoms with E-state index in [1.54, 1.807) is 0 Å². The van der Waals surface area contributed by atoms with Crippen LogP contribution in [0.15, 0.2) is 12.7 Å². The molecule has 0 saturated carbocycles. The van der Waals surface area contributed by atoms with E-state index in [0.29, 0.717) is 17.4 Å². The van der Waals surface area contributed by atoms with Crippen molar-refractivity contribution >= 4 is 11.9 Å². The molecule has 1 amide bonds. The number of amides is 1. The predicted molar refractivity (Wildman–Crippen MR) is 68.5 cm³/mol. The maximum Gasteiger partial charge on any atom is 0.243 e. The molecule has 0 spiro atoms. The highest BCUT2D eigenvalue weighted by Gasteiger charge is 2.29. The average molecular weight is 256 g/mol. The van der Waals surface area contributed by atoms with Gasteiger partial charge in [0.25, 0.3) is 0 Å². The second kappa shape index (κ2) is 6.54. The van der Waals surface area contributed by atoms with Crippen LogP contribution >= 0.6 is 0 Å². The molecule has 0 heterocycles. The normalized spacial score (nSPS) is 12.0. The first-order valence-electron chi connectivity index (χ1n) is 6.04. The summed E-state index contributed by atoms with van der Waals surface area (Å²) in [5, 5.41) is 13.2. The van der Waals surface area contributed by atoms with E-state index in [1.807, 2.05) is 27.9 Å². The molecule has 5 heteroatoms. The lowest BCUT2D eigenvalue weighted by molar-refractivity contribution is -0.893. The number of hydrogen-bond acceptors (Lipinski definition) is 3. The molecule has 0 saturated heterocycles. The second-order valence-electron chi connectivity index (χ2n) is 5.87. The molecule has 1 N–H and O–H groups in total. The Kier molecular flexibility index (Phi) is 6.05. The molecule has 0 unspecified atom stereocenters. The summed E-state index contributed by atoms with van der Waals surface area (Å²) >= 11 is 0. The van der Waals surface area contributed by atoms with Crippen LogP contribution in [0.3, 0.4) is 0 Å². The molecule has 5 nitrogen and oxygen atoms in total. The van der Waals surface area contributed by atoms with E-state index in [2.05, 4.69) is 11.9 Å². The van der Waals surface area contributed by atoms with Gasteiger partial charge >= 0.3 is 0 Å². The van der Waals surface area contributed by atoms with Gasteiger partial charge in [-0.25, -0.2) is 0 Å². The van der Waals surface area contributed by atoms with Crippen molar-refractivity contribution in [3.8, 4) is 0 Å². The van der Waals surface area contributed by atoms with E-state index in [4.69, 9.17) is 0 Å². The Labute approximate surface area is 109 Å². The van der Waals surface area contributed by atoms with Gasteiger partial charge in [-0.05, 0) is 26.3 Å². The first kappa shape index (κ1) is 16.6. The Morgan fingerprint density at radius 1 is 1.39 bits per heavy atom. The Hall–Kier alpha value is -1.36. The minimum atomic E-state index is -1.02. The largest absolute Gasteiger partial charge is 0.550 e. The van der Waals surface area contributed by atoms with Crippen molar-refractivity contribution in [3.63, 3.8) is 0 Å². The van der Waals surface area contributed by atoms with Gasteiger partial charge in [0.05, 0.1) is 26.2 Å². The van der Waals surface area contributed by atoms with Gasteiger partial charge < -0.3 is 19.7 Å². The summed E-state index contributed by atoms with van der Waals surface area (Å²) in [5.74, 6) is -1.22. The summed E-state index contributed by atoms with van der Waals surface area (Å²) in [5.41, 5.74) is -0.365. The molecule has 0 radical (unpaired) electrons. The molecule has 0 atom stereocenters. The monoisotopic (exact) mass is 256 g/mol. The summed E-state index contributed by atoms with van der Waals surface area (Å²) in [6, 6.07) is 0. The fourth-order valence-electron chi connectivity index (χ4n) is 2.22. The van der Waals surface area contributed by atoms with Crippen LogP contribution in [0.25, 0.3) is 0 Å². The third kappa shape index (κ3) is 7.84. The molecule has 18 heavy (non-hydrogen) atoms. The number of carbonyl (C=O) groups is 2. The molecule has 0 aromatic carbocycles. The summed E-state index contributed by atoms with van der Waals surface area (Å²) in [6.07, 6.45) is 1.89. The first-order chi connectivity index (χ1) is 8.08. The highest BCUT2D eigenvalue weighted by atomic mass is 16.4. The van der Waals surface area contributed by atoms with E-state index < -0.39 is 5.97 Å². The van der Waals surface area contributed by atoms with Crippen molar-refractivity contribution in [1.82, 2.24) is 5.32 Å². The second-order valence-corrected chi connectivity index (χ2v) is 5.87. The van der Waals surface area contributed by atoms with E-state index >= 15 is 0 Å². The number of likely N-dealkylation sites (N-methyl/N-ethyl adjacent to an activating group) is 1. The molecular weight excluding hydrogens is 232 g/mol. The van der Waals surface area contributed by atoms with Gasteiger partial charge in [0.15, 0.2) is 0 Å². The van der Waals surface area contributed by atoms with Gasteiger partial charge in [-0.1, -0.05) is 6.58 Å². The highest BCUT2D eigenvalue weighted by molar-refractivity contribution is 5.87. The molecule has 0 fully saturated rings. The zero-order valence-corrected chi connectivity index (χ0v) is 11.8. The smallest absolute Gasteiger partial charge is 0.243 e. The van der Waals surface area contributed by atoms with Crippen molar-refractivity contribution < 1.29 is 19.2 Å². The summed E-state index contributed by atoms with van der Waals surface area (Å²) < 4.78 is 0.637. The maximum absolute atomic E-state index is 11.3. The van der Waals surface area contributed by atoms with Gasteiger partial charge in [0.1, 0.15) is 6.54 Å². The van der Waals surface area contributed by atoms with Crippen molar-refractivity contribution in [2.24, 2.45) is 0 Å². The standard InChI is InChI=1S/C13H24N2O3/c1-6-11(16)14-13(2,3)10-15(4,5)9-7-8-12(17)18/h6H,1,7-10H2,2-5H3,(H-,14,16,17,18). The Bertz CT molecular complexity index is 322. The van der Waals surface area contributed by atoms with Gasteiger partial charge in [-0.15, -0.1) is 0 Å². The molecule has 0 aliphatic carbocycles. The third-order valence-electron chi connectivity index (χ3n) is 2.61. The van der Waals surface area contributed by atoms with Crippen LogP contribution in [-0.2, 0) is 9.59 Å². The number of rotatable bonds is 8. The van der Waals surface area contributed by atoms with Gasteiger partial charge in [0, 0.05) is 12.4 Å². The van der Waals surface area contributed by atoms with Crippen molar-refractivity contribution in [3.05, 3.63) is 12.7 Å². The van der Waals surface area contributed by atoms with Gasteiger partial charge in [-0.3, -0.25) is 4.79 Å². The van der Waals surface area contributed by atoms with Crippen LogP contribution in [0.1, 0.15) is 26.7 Å². The number of hydrogen-bond donors (Lipinski definition) is 1. The van der Waals surface area contributed by atoms with Crippen molar-refractivity contribution in [2.45, 2.75) is 32.2 Å². The fourth-order valence-corrected chi connectivity index (χ4v) is 2.22. The number of carbonyl (C=O) groups excluding carboxylic acids is 2. The van der Waals surface area contributed by atoms with Crippen molar-refractivity contribution in [1.29, 1.82) is 0 Å². The van der Waals surface area contributed by atoms with Crippen LogP contribution in [0.5, 0.6) is 0 Å². The number of aliphatic carboxylic acids is 1. The van der Waals surface area contributed by atoms with Crippen LogP contribution in [-0.4, -0.2) is 49.1 Å². The van der Waals surface area contributed by atoms with Crippen LogP contribution in [0.4, 0.5) is 0 Å². The van der Waals surface area contributed by atoms with Crippen LogP contribution in [0.2, 0.25) is 0 Å². The fraction of sp³-hybridized carbons (Fsp3) is 0.692. The molecule has 0 aromatic heterocycles. The quantitative estimate of drug-likeness (QED) is 0.478. The molecule has 104 valence electrons. The van der Waals surface area contributed by atoms with Crippen molar-refractivity contribution in [2.75, 3.05) is 27.2 Å². The summed E-state index contributed by atoms with van der Waals surface area (Å²) in [4.78, 5) is 21.7. The summed E-state index contributed by atoms with van der Waals surface area (Å²) in [6.45, 7) is 8.73. The van der Waals surface area contributed by atoms with E-state index in [0.717, 1.165) is 6.54 Å². The number of nitrogens with zero attached hydrogens (tertiary/aromatic N) is 1. The average Bonchev–Trinajstić information content (AvgIpc) is 2.13. The molecule has 0 bridgehead atoms. The zero-order chi connectivity index (χ0) is 14.4. The molecule has 0 aliphatic rings. The minimum absolute atomic E-state index is 0.0706. The highest BCUT2D eigenvalue weighted by Crippen LogP contribution is 2.11. The van der Waals surface area contributed by atoms with Gasteiger partial charge in [0.2, 0.25) is 5.91 Å². The Morgan fingerprint density at radius 3 is 2.39 bits per heavy atom. The number of quaternary nitrogens is 1. The third-order valence-corrected chi connectivity index (χ3v) is 2.61. The van der Waals surface area contributed by atoms with Crippen LogP contribution < -0.4 is 10.4 Å². The number of carboxylic acid groups (broad SMARTS) is 1. The van der Waals surface area contributed by atoms with Gasteiger partial charge in [-0.2, -0.15) is 0 Å². The zero-order valence-electron chi connectivity index (χ0n) is 11.8. The van der Waals surface area contributed by atoms with E-state index in [9.17, 15) is 14.7 Å². The SMILES string of the molecule is C=CC(=O)NC(C)(C)C[N+](C)(C)CCCC(=O)[O-]. The van der Waals surface area contributed by atoms with E-state index in [1.165, 1.54) is 6.08 Å². The Morgan fingerprint density at radius 2 is 1.94 bits per heavy atom.